The van der Waals surface area contributed by atoms with Gasteiger partial charge >= 0.3 is 6.09 Å². The molecule has 0 aliphatic carbocycles. The topological polar surface area (TPSA) is 90.9 Å². The van der Waals surface area contributed by atoms with Crippen LogP contribution in [0.3, 0.4) is 0 Å². The number of thiocarbonyl (C=S) groups is 1. The molecule has 1 N–H and O–H groups in total. The van der Waals surface area contributed by atoms with Crippen molar-refractivity contribution in [2.45, 2.75) is 33.2 Å². The molecule has 9 nitrogen and oxygen atoms in total. The number of hydrogen-bond acceptors (Lipinski definition) is 8. The molecule has 0 radical (unpaired) electrons. The number of nitrogens with zero attached hydrogens (tertiary/aromatic N) is 5. The molecule has 4 rings (SSSR count). The average molecular weight is 489 g/mol. The highest BCUT2D eigenvalue weighted by molar-refractivity contribution is 7.80. The molecule has 2 amide bonds. The number of amides is 2. The molecule has 0 bridgehead atoms. The van der Waals surface area contributed by atoms with Gasteiger partial charge in [0.15, 0.2) is 10.9 Å². The number of carbonyl (C=O) groups excluding carboxylic acids is 2. The molecule has 0 saturated carbocycles. The predicted octanol–water partition coefficient (Wildman–Crippen LogP) is 2.45. The Labute approximate surface area is 202 Å². The maximum Gasteiger partial charge on any atom is 0.415 e. The van der Waals surface area contributed by atoms with Crippen molar-refractivity contribution in [3.63, 3.8) is 0 Å². The molecule has 1 unspecified atom stereocenters. The number of piperazine rings is 1. The van der Waals surface area contributed by atoms with Crippen LogP contribution in [0.5, 0.6) is 5.75 Å². The number of carbonyl (C=O) groups is 2. The van der Waals surface area contributed by atoms with Gasteiger partial charge in [0.2, 0.25) is 0 Å². The van der Waals surface area contributed by atoms with Gasteiger partial charge in [0.1, 0.15) is 11.9 Å². The zero-order valence-corrected chi connectivity index (χ0v) is 20.6. The van der Waals surface area contributed by atoms with E-state index in [1.807, 2.05) is 20.8 Å². The second-order valence-electron chi connectivity index (χ2n) is 8.50. The van der Waals surface area contributed by atoms with Crippen molar-refractivity contribution in [2.24, 2.45) is 5.92 Å². The van der Waals surface area contributed by atoms with E-state index in [1.54, 1.807) is 28.4 Å². The van der Waals surface area contributed by atoms with E-state index in [1.165, 1.54) is 11.1 Å². The summed E-state index contributed by atoms with van der Waals surface area (Å²) in [5, 5.41) is 6.56. The molecule has 1 atom stereocenters. The van der Waals surface area contributed by atoms with Crippen molar-refractivity contribution in [1.82, 2.24) is 25.1 Å². The lowest BCUT2D eigenvalue weighted by Gasteiger charge is -2.33. The van der Waals surface area contributed by atoms with E-state index >= 15 is 0 Å². The van der Waals surface area contributed by atoms with Gasteiger partial charge in [0, 0.05) is 44.5 Å². The fourth-order valence-corrected chi connectivity index (χ4v) is 4.81. The molecule has 2 aromatic heterocycles. The van der Waals surface area contributed by atoms with Gasteiger partial charge in [-0.15, -0.1) is 11.3 Å². The second-order valence-corrected chi connectivity index (χ2v) is 9.95. The van der Waals surface area contributed by atoms with Crippen LogP contribution >= 0.6 is 23.6 Å². The summed E-state index contributed by atoms with van der Waals surface area (Å²) in [5.74, 6) is 0.716. The normalized spacial score (nSPS) is 19.3. The van der Waals surface area contributed by atoms with Gasteiger partial charge in [-0.25, -0.2) is 19.7 Å². The van der Waals surface area contributed by atoms with Crippen LogP contribution in [0.25, 0.3) is 0 Å². The summed E-state index contributed by atoms with van der Waals surface area (Å²) < 4.78 is 5.50. The minimum Gasteiger partial charge on any atom is -0.409 e. The maximum absolute atomic E-state index is 12.6. The Morgan fingerprint density at radius 3 is 2.64 bits per heavy atom. The van der Waals surface area contributed by atoms with Gasteiger partial charge in [-0.1, -0.05) is 13.8 Å². The third-order valence-electron chi connectivity index (χ3n) is 5.77. The zero-order valence-electron chi connectivity index (χ0n) is 19.0. The molecule has 2 aromatic rings. The summed E-state index contributed by atoms with van der Waals surface area (Å²) in [6.07, 6.45) is 1.97. The first-order chi connectivity index (χ1) is 15.8. The Bertz CT molecular complexity index is 1020. The first-order valence-corrected chi connectivity index (χ1v) is 12.3. The monoisotopic (exact) mass is 488 g/mol. The first-order valence-electron chi connectivity index (χ1n) is 11.0. The van der Waals surface area contributed by atoms with Crippen molar-refractivity contribution in [3.8, 4) is 5.75 Å². The van der Waals surface area contributed by atoms with Crippen LogP contribution in [0.1, 0.15) is 24.5 Å². The molecule has 2 aliphatic rings. The maximum atomic E-state index is 12.6. The van der Waals surface area contributed by atoms with Crippen LogP contribution in [0.4, 0.5) is 10.6 Å². The first kappa shape index (κ1) is 23.5. The van der Waals surface area contributed by atoms with Gasteiger partial charge < -0.3 is 15.0 Å². The van der Waals surface area contributed by atoms with Crippen LogP contribution in [0.15, 0.2) is 23.7 Å². The van der Waals surface area contributed by atoms with Crippen molar-refractivity contribution < 1.29 is 14.3 Å². The van der Waals surface area contributed by atoms with E-state index in [2.05, 4.69) is 25.6 Å². The van der Waals surface area contributed by atoms with Crippen LogP contribution in [0.2, 0.25) is 0 Å². The molecule has 4 heterocycles. The summed E-state index contributed by atoms with van der Waals surface area (Å²) in [5.41, 5.74) is 1.13. The van der Waals surface area contributed by atoms with Crippen LogP contribution in [-0.2, 0) is 11.2 Å². The molecule has 2 aliphatic heterocycles. The molecular formula is C22H28N6O3S2. The summed E-state index contributed by atoms with van der Waals surface area (Å²) >= 11 is 6.97. The van der Waals surface area contributed by atoms with Crippen molar-refractivity contribution in [2.75, 3.05) is 37.6 Å². The summed E-state index contributed by atoms with van der Waals surface area (Å²) in [7, 11) is 0. The van der Waals surface area contributed by atoms with Crippen LogP contribution < -0.4 is 15.0 Å². The number of anilines is 1. The minimum atomic E-state index is -0.395. The molecule has 176 valence electrons. The number of rotatable bonds is 6. The summed E-state index contributed by atoms with van der Waals surface area (Å²) in [4.78, 5) is 39.4. The lowest BCUT2D eigenvalue weighted by Crippen LogP contribution is -2.49. The highest BCUT2D eigenvalue weighted by Gasteiger charge is 2.38. The molecule has 2 saturated heterocycles. The lowest BCUT2D eigenvalue weighted by molar-refractivity contribution is -0.119. The smallest absolute Gasteiger partial charge is 0.409 e. The summed E-state index contributed by atoms with van der Waals surface area (Å²) in [6.45, 7) is 9.68. The molecule has 0 spiro atoms. The van der Waals surface area contributed by atoms with E-state index in [9.17, 15) is 9.59 Å². The Morgan fingerprint density at radius 1 is 1.30 bits per heavy atom. The average Bonchev–Trinajstić information content (AvgIpc) is 3.35. The van der Waals surface area contributed by atoms with Crippen molar-refractivity contribution in [3.05, 3.63) is 34.4 Å². The van der Waals surface area contributed by atoms with Gasteiger partial charge in [-0.3, -0.25) is 9.69 Å². The molecule has 11 heteroatoms. The highest BCUT2D eigenvalue weighted by Crippen LogP contribution is 2.23. The fourth-order valence-electron chi connectivity index (χ4n) is 3.85. The number of thiazole rings is 1. The molecular weight excluding hydrogens is 460 g/mol. The van der Waals surface area contributed by atoms with E-state index in [-0.39, 0.29) is 17.9 Å². The quantitative estimate of drug-likeness (QED) is 0.620. The fraction of sp³-hybridized carbons (Fsp3) is 0.500. The Kier molecular flexibility index (Phi) is 7.20. The molecule has 2 fully saturated rings. The van der Waals surface area contributed by atoms with Gasteiger partial charge in [-0.05, 0) is 37.2 Å². The lowest BCUT2D eigenvalue weighted by atomic mass is 10.1. The van der Waals surface area contributed by atoms with Gasteiger partial charge in [-0.2, -0.15) is 0 Å². The largest absolute Gasteiger partial charge is 0.415 e. The standard InChI is InChI=1S/C22H28N6O3S2/c1-14(2)19-20(29)28(21(32)25-19)18-5-4-17(12-23-18)31-22(30)27-10-8-26(9-11-27)7-6-16-13-33-15(3)24-16/h4-5,12-14,19H,6-11H2,1-3H3,(H,25,32). The third kappa shape index (κ3) is 5.48. The second kappa shape index (κ2) is 10.1. The zero-order chi connectivity index (χ0) is 23.5. The predicted molar refractivity (Wildman–Crippen MR) is 131 cm³/mol. The molecule has 0 aromatic carbocycles. The van der Waals surface area contributed by atoms with Gasteiger partial charge in [0.25, 0.3) is 5.91 Å². The summed E-state index contributed by atoms with van der Waals surface area (Å²) in [6, 6.07) is 2.90. The van der Waals surface area contributed by atoms with Crippen molar-refractivity contribution >= 4 is 46.5 Å². The number of aromatic nitrogens is 2. The Hall–Kier alpha value is -2.63. The third-order valence-corrected chi connectivity index (χ3v) is 6.89. The molecule has 33 heavy (non-hydrogen) atoms. The number of ether oxygens (including phenoxy) is 1. The number of pyridine rings is 1. The van der Waals surface area contributed by atoms with Crippen LogP contribution in [0, 0.1) is 12.8 Å². The van der Waals surface area contributed by atoms with E-state index < -0.39 is 6.09 Å². The number of aryl methyl sites for hydroxylation is 1. The van der Waals surface area contributed by atoms with E-state index in [0.29, 0.717) is 29.8 Å². The Balaban J connectivity index is 1.26. The van der Waals surface area contributed by atoms with E-state index in [0.717, 1.165) is 36.8 Å². The van der Waals surface area contributed by atoms with Gasteiger partial charge in [0.05, 0.1) is 16.9 Å². The minimum absolute atomic E-state index is 0.109. The Morgan fingerprint density at radius 2 is 2.06 bits per heavy atom. The number of nitrogens with one attached hydrogen (secondary N) is 1. The highest BCUT2D eigenvalue weighted by atomic mass is 32.1. The number of hydrogen-bond donors (Lipinski definition) is 1. The van der Waals surface area contributed by atoms with Crippen LogP contribution in [-0.4, -0.2) is 75.6 Å². The van der Waals surface area contributed by atoms with Crippen molar-refractivity contribution in [1.29, 1.82) is 0 Å². The SMILES string of the molecule is Cc1nc(CCN2CCN(C(=O)Oc3ccc(N4C(=O)C(C(C)C)NC4=S)nc3)CC2)cs1. The van der Waals surface area contributed by atoms with E-state index in [4.69, 9.17) is 17.0 Å².